The van der Waals surface area contributed by atoms with Gasteiger partial charge in [-0.05, 0) is 38.5 Å². The molecule has 10 heteroatoms. The van der Waals surface area contributed by atoms with Gasteiger partial charge in [0, 0.05) is 6.54 Å². The molecule has 1 spiro atoms. The Hall–Kier alpha value is -2.72. The van der Waals surface area contributed by atoms with Gasteiger partial charge in [0.05, 0.1) is 32.5 Å². The molecule has 2 aliphatic rings. The first-order valence-corrected chi connectivity index (χ1v) is 9.98. The highest BCUT2D eigenvalue weighted by atomic mass is 19.1. The summed E-state index contributed by atoms with van der Waals surface area (Å²) in [6.07, 6.45) is -0.758. The van der Waals surface area contributed by atoms with E-state index in [1.165, 1.54) is 23.1 Å². The zero-order valence-electron chi connectivity index (χ0n) is 17.8. The molecule has 0 aromatic heterocycles. The van der Waals surface area contributed by atoms with Crippen LogP contribution in [0.5, 0.6) is 0 Å². The molecule has 2 saturated heterocycles. The van der Waals surface area contributed by atoms with Gasteiger partial charge < -0.3 is 24.2 Å². The molecule has 1 aromatic rings. The molecule has 2 fully saturated rings. The average Bonchev–Trinajstić information content (AvgIpc) is 2.91. The zero-order valence-corrected chi connectivity index (χ0v) is 17.8. The van der Waals surface area contributed by atoms with Crippen molar-refractivity contribution in [1.29, 1.82) is 0 Å². The van der Waals surface area contributed by atoms with Crippen LogP contribution in [0.2, 0.25) is 0 Å². The number of halogens is 1. The average molecular weight is 438 g/mol. The van der Waals surface area contributed by atoms with Crippen molar-refractivity contribution < 1.29 is 38.1 Å². The Kier molecular flexibility index (Phi) is 6.51. The SMILES string of the molecule is CC(C)(C)OC(=O)N1CC(c2cccc(F)c2)N(CC(=O)O)C(=O)C12COCCOC2. The molecule has 9 nitrogen and oxygen atoms in total. The van der Waals surface area contributed by atoms with Crippen LogP contribution < -0.4 is 0 Å². The van der Waals surface area contributed by atoms with Crippen LogP contribution in [0.1, 0.15) is 32.4 Å². The largest absolute Gasteiger partial charge is 0.480 e. The Morgan fingerprint density at radius 2 is 1.90 bits per heavy atom. The predicted octanol–water partition coefficient (Wildman–Crippen LogP) is 1.82. The van der Waals surface area contributed by atoms with Gasteiger partial charge in [0.1, 0.15) is 18.0 Å². The minimum absolute atomic E-state index is 0.107. The number of carbonyl (C=O) groups is 3. The molecule has 31 heavy (non-hydrogen) atoms. The number of carboxylic acids is 1. The maximum atomic E-state index is 13.9. The fourth-order valence-corrected chi connectivity index (χ4v) is 3.78. The van der Waals surface area contributed by atoms with Gasteiger partial charge in [-0.3, -0.25) is 14.5 Å². The Labute approximate surface area is 179 Å². The maximum Gasteiger partial charge on any atom is 0.411 e. The summed E-state index contributed by atoms with van der Waals surface area (Å²) in [7, 11) is 0. The van der Waals surface area contributed by atoms with Crippen LogP contribution in [-0.4, -0.2) is 83.5 Å². The molecular formula is C21H27FN2O7. The number of amides is 2. The fraction of sp³-hybridized carbons (Fsp3) is 0.571. The van der Waals surface area contributed by atoms with Crippen molar-refractivity contribution in [3.05, 3.63) is 35.6 Å². The number of ether oxygens (including phenoxy) is 3. The van der Waals surface area contributed by atoms with Gasteiger partial charge in [-0.2, -0.15) is 0 Å². The van der Waals surface area contributed by atoms with Gasteiger partial charge in [0.2, 0.25) is 0 Å². The quantitative estimate of drug-likeness (QED) is 0.767. The molecule has 1 aromatic carbocycles. The summed E-state index contributed by atoms with van der Waals surface area (Å²) in [6.45, 7) is 4.48. The molecule has 0 saturated carbocycles. The van der Waals surface area contributed by atoms with Crippen molar-refractivity contribution in [2.75, 3.05) is 39.5 Å². The number of hydrogen-bond acceptors (Lipinski definition) is 6. The minimum Gasteiger partial charge on any atom is -0.480 e. The molecule has 2 heterocycles. The molecule has 1 N–H and O–H groups in total. The summed E-state index contributed by atoms with van der Waals surface area (Å²) in [5.74, 6) is -2.42. The number of carbonyl (C=O) groups excluding carboxylic acids is 2. The molecule has 2 amide bonds. The molecule has 0 bridgehead atoms. The second-order valence-corrected chi connectivity index (χ2v) is 8.63. The van der Waals surface area contributed by atoms with Crippen LogP contribution >= 0.6 is 0 Å². The predicted molar refractivity (Wildman–Crippen MR) is 106 cm³/mol. The van der Waals surface area contributed by atoms with E-state index in [9.17, 15) is 23.9 Å². The van der Waals surface area contributed by atoms with E-state index in [1.54, 1.807) is 26.8 Å². The van der Waals surface area contributed by atoms with Crippen molar-refractivity contribution >= 4 is 18.0 Å². The Balaban J connectivity index is 2.09. The molecule has 1 unspecified atom stereocenters. The van der Waals surface area contributed by atoms with Crippen LogP contribution in [0, 0.1) is 5.82 Å². The number of hydrogen-bond donors (Lipinski definition) is 1. The van der Waals surface area contributed by atoms with E-state index in [-0.39, 0.29) is 33.0 Å². The minimum atomic E-state index is -1.59. The number of rotatable bonds is 3. The van der Waals surface area contributed by atoms with Gasteiger partial charge in [-0.1, -0.05) is 12.1 Å². The lowest BCUT2D eigenvalue weighted by molar-refractivity contribution is -0.168. The highest BCUT2D eigenvalue weighted by molar-refractivity contribution is 5.94. The number of piperazine rings is 1. The van der Waals surface area contributed by atoms with Crippen LogP contribution in [0.25, 0.3) is 0 Å². The summed E-state index contributed by atoms with van der Waals surface area (Å²) in [4.78, 5) is 40.8. The Morgan fingerprint density at radius 1 is 1.26 bits per heavy atom. The van der Waals surface area contributed by atoms with Crippen LogP contribution in [0.15, 0.2) is 24.3 Å². The first-order chi connectivity index (χ1) is 14.5. The van der Waals surface area contributed by atoms with Crippen molar-refractivity contribution in [1.82, 2.24) is 9.80 Å². The van der Waals surface area contributed by atoms with E-state index >= 15 is 0 Å². The summed E-state index contributed by atoms with van der Waals surface area (Å²) in [5, 5.41) is 9.44. The van der Waals surface area contributed by atoms with Gasteiger partial charge in [-0.15, -0.1) is 0 Å². The lowest BCUT2D eigenvalue weighted by atomic mass is 9.89. The fourth-order valence-electron chi connectivity index (χ4n) is 3.78. The number of benzene rings is 1. The first-order valence-electron chi connectivity index (χ1n) is 9.98. The second kappa shape index (κ2) is 8.80. The Morgan fingerprint density at radius 3 is 2.45 bits per heavy atom. The maximum absolute atomic E-state index is 13.9. The third kappa shape index (κ3) is 4.96. The van der Waals surface area contributed by atoms with Crippen molar-refractivity contribution in [2.24, 2.45) is 0 Å². The van der Waals surface area contributed by atoms with Gasteiger partial charge in [0.15, 0.2) is 5.54 Å². The van der Waals surface area contributed by atoms with Gasteiger partial charge >= 0.3 is 12.1 Å². The number of nitrogens with zero attached hydrogens (tertiary/aromatic N) is 2. The van der Waals surface area contributed by atoms with Crippen molar-refractivity contribution in [2.45, 2.75) is 38.0 Å². The van der Waals surface area contributed by atoms with Gasteiger partial charge in [0.25, 0.3) is 5.91 Å². The standard InChI is InChI=1S/C21H27FN2O7/c1-20(2,3)31-19(28)24-10-16(14-5-4-6-15(22)9-14)23(11-17(25)26)18(27)21(24)12-29-7-8-30-13-21/h4-6,9,16H,7-8,10-13H2,1-3H3,(H,25,26). The molecule has 0 radical (unpaired) electrons. The summed E-state index contributed by atoms with van der Waals surface area (Å²) < 4.78 is 30.6. The second-order valence-electron chi connectivity index (χ2n) is 8.63. The van der Waals surface area contributed by atoms with Crippen LogP contribution in [-0.2, 0) is 23.8 Å². The monoisotopic (exact) mass is 438 g/mol. The Bertz CT molecular complexity index is 846. The first kappa shape index (κ1) is 23.0. The highest BCUT2D eigenvalue weighted by Gasteiger charge is 2.57. The third-order valence-electron chi connectivity index (χ3n) is 5.11. The zero-order chi connectivity index (χ0) is 22.8. The van der Waals surface area contributed by atoms with E-state index in [2.05, 4.69) is 0 Å². The van der Waals surface area contributed by atoms with E-state index in [0.717, 1.165) is 4.90 Å². The number of carboxylic acid groups (broad SMARTS) is 1. The van der Waals surface area contributed by atoms with Crippen molar-refractivity contribution in [3.8, 4) is 0 Å². The lowest BCUT2D eigenvalue weighted by Gasteiger charge is -2.51. The molecular weight excluding hydrogens is 411 g/mol. The van der Waals surface area contributed by atoms with E-state index in [0.29, 0.717) is 5.56 Å². The summed E-state index contributed by atoms with van der Waals surface area (Å²) in [5.41, 5.74) is -2.05. The smallest absolute Gasteiger partial charge is 0.411 e. The molecule has 2 aliphatic heterocycles. The third-order valence-corrected chi connectivity index (χ3v) is 5.11. The summed E-state index contributed by atoms with van der Waals surface area (Å²) >= 11 is 0. The molecule has 170 valence electrons. The number of aliphatic carboxylic acids is 1. The van der Waals surface area contributed by atoms with Gasteiger partial charge in [-0.25, -0.2) is 9.18 Å². The topological polar surface area (TPSA) is 106 Å². The van der Waals surface area contributed by atoms with E-state index < -0.39 is 47.5 Å². The molecule has 3 rings (SSSR count). The van der Waals surface area contributed by atoms with Crippen LogP contribution in [0.4, 0.5) is 9.18 Å². The summed E-state index contributed by atoms with van der Waals surface area (Å²) in [6, 6.07) is 4.63. The van der Waals surface area contributed by atoms with Crippen LogP contribution in [0.3, 0.4) is 0 Å². The van der Waals surface area contributed by atoms with E-state index in [1.807, 2.05) is 0 Å². The van der Waals surface area contributed by atoms with Crippen molar-refractivity contribution in [3.63, 3.8) is 0 Å². The molecule has 0 aliphatic carbocycles. The highest BCUT2D eigenvalue weighted by Crippen LogP contribution is 2.36. The molecule has 1 atom stereocenters. The normalized spacial score (nSPS) is 21.7. The lowest BCUT2D eigenvalue weighted by Crippen LogP contribution is -2.72. The van der Waals surface area contributed by atoms with E-state index in [4.69, 9.17) is 14.2 Å².